The van der Waals surface area contributed by atoms with E-state index in [1.54, 1.807) is 0 Å². The van der Waals surface area contributed by atoms with E-state index in [1.165, 1.54) is 12.1 Å². The van der Waals surface area contributed by atoms with Crippen molar-refractivity contribution in [3.8, 4) is 0 Å². The van der Waals surface area contributed by atoms with Crippen LogP contribution in [0.3, 0.4) is 0 Å². The summed E-state index contributed by atoms with van der Waals surface area (Å²) in [5, 5.41) is 10.1. The normalized spacial score (nSPS) is 24.1. The first-order valence-electron chi connectivity index (χ1n) is 10.4. The smallest absolute Gasteiger partial charge is 0.237 e. The standard InChI is InChI=1S/C21H30F2N4O.2ClH/c22-16-9-15(10-17(23)11-16)13-27-7-1-18(2-8-27)26-20(28)19-12-21(14-25-19)3-5-24-6-4-21;;/h9-11,18-19,24-25H,1-8,12-14H2,(H,26,28);2*1H. The molecular formula is C21H32Cl2F2N4O. The number of carbonyl (C=O) groups excluding carboxylic acids is 1. The summed E-state index contributed by atoms with van der Waals surface area (Å²) in [5.41, 5.74) is 0.944. The number of hydrogen-bond donors (Lipinski definition) is 3. The fraction of sp³-hybridized carbons (Fsp3) is 0.667. The predicted octanol–water partition coefficient (Wildman–Crippen LogP) is 2.62. The van der Waals surface area contributed by atoms with Crippen molar-refractivity contribution in [2.45, 2.75) is 50.7 Å². The Bertz CT molecular complexity index is 690. The fourth-order valence-corrected chi connectivity index (χ4v) is 4.94. The number of nitrogens with one attached hydrogen (secondary N) is 3. The maximum Gasteiger partial charge on any atom is 0.237 e. The number of rotatable bonds is 4. The number of benzene rings is 1. The van der Waals surface area contributed by atoms with E-state index in [-0.39, 0.29) is 48.2 Å². The van der Waals surface area contributed by atoms with Crippen LogP contribution in [0.15, 0.2) is 18.2 Å². The molecule has 0 aliphatic carbocycles. The van der Waals surface area contributed by atoms with E-state index in [0.29, 0.717) is 12.1 Å². The third kappa shape index (κ3) is 6.26. The summed E-state index contributed by atoms with van der Waals surface area (Å²) in [6.45, 7) is 5.20. The number of piperidine rings is 2. The van der Waals surface area contributed by atoms with Crippen molar-refractivity contribution in [3.63, 3.8) is 0 Å². The van der Waals surface area contributed by atoms with Gasteiger partial charge in [0.15, 0.2) is 0 Å². The minimum atomic E-state index is -0.535. The molecule has 3 fully saturated rings. The lowest BCUT2D eigenvalue weighted by Gasteiger charge is -2.34. The molecule has 30 heavy (non-hydrogen) atoms. The van der Waals surface area contributed by atoms with Crippen LogP contribution in [-0.2, 0) is 11.3 Å². The van der Waals surface area contributed by atoms with Gasteiger partial charge in [0.2, 0.25) is 5.91 Å². The summed E-state index contributed by atoms with van der Waals surface area (Å²) < 4.78 is 26.7. The van der Waals surface area contributed by atoms with E-state index in [1.807, 2.05) is 0 Å². The second-order valence-corrected chi connectivity index (χ2v) is 8.72. The molecule has 3 aliphatic rings. The van der Waals surface area contributed by atoms with Gasteiger partial charge in [-0.25, -0.2) is 8.78 Å². The topological polar surface area (TPSA) is 56.4 Å². The molecule has 3 aliphatic heterocycles. The Morgan fingerprint density at radius 3 is 2.37 bits per heavy atom. The molecule has 1 aromatic rings. The van der Waals surface area contributed by atoms with Gasteiger partial charge in [-0.15, -0.1) is 24.8 Å². The van der Waals surface area contributed by atoms with Gasteiger partial charge in [-0.05, 0) is 68.3 Å². The van der Waals surface area contributed by atoms with Crippen molar-refractivity contribution in [2.75, 3.05) is 32.7 Å². The van der Waals surface area contributed by atoms with Crippen molar-refractivity contribution in [1.29, 1.82) is 0 Å². The van der Waals surface area contributed by atoms with Crippen LogP contribution in [-0.4, -0.2) is 55.6 Å². The van der Waals surface area contributed by atoms with E-state index in [4.69, 9.17) is 0 Å². The largest absolute Gasteiger partial charge is 0.352 e. The summed E-state index contributed by atoms with van der Waals surface area (Å²) in [4.78, 5) is 14.9. The van der Waals surface area contributed by atoms with Gasteiger partial charge in [0.05, 0.1) is 6.04 Å². The number of halogens is 4. The van der Waals surface area contributed by atoms with Gasteiger partial charge in [-0.1, -0.05) is 0 Å². The number of nitrogens with zero attached hydrogens (tertiary/aromatic N) is 1. The maximum absolute atomic E-state index is 13.4. The molecule has 170 valence electrons. The molecule has 1 spiro atoms. The zero-order valence-electron chi connectivity index (χ0n) is 17.1. The van der Waals surface area contributed by atoms with Crippen LogP contribution in [0.4, 0.5) is 8.78 Å². The Kier molecular flexibility index (Phi) is 9.31. The first kappa shape index (κ1) is 25.3. The third-order valence-electron chi connectivity index (χ3n) is 6.60. The van der Waals surface area contributed by atoms with Crippen molar-refractivity contribution in [3.05, 3.63) is 35.4 Å². The minimum Gasteiger partial charge on any atom is -0.352 e. The molecule has 0 bridgehead atoms. The zero-order valence-corrected chi connectivity index (χ0v) is 18.7. The van der Waals surface area contributed by atoms with Crippen molar-refractivity contribution in [2.24, 2.45) is 5.41 Å². The van der Waals surface area contributed by atoms with E-state index in [9.17, 15) is 13.6 Å². The number of carbonyl (C=O) groups is 1. The predicted molar refractivity (Wildman–Crippen MR) is 118 cm³/mol. The van der Waals surface area contributed by atoms with Crippen molar-refractivity contribution >= 4 is 30.7 Å². The molecule has 3 saturated heterocycles. The van der Waals surface area contributed by atoms with Gasteiger partial charge in [0, 0.05) is 38.3 Å². The van der Waals surface area contributed by atoms with Crippen molar-refractivity contribution in [1.82, 2.24) is 20.9 Å². The number of amides is 1. The van der Waals surface area contributed by atoms with Crippen LogP contribution in [0.5, 0.6) is 0 Å². The lowest BCUT2D eigenvalue weighted by Crippen LogP contribution is -2.49. The molecule has 1 aromatic carbocycles. The van der Waals surface area contributed by atoms with Gasteiger partial charge >= 0.3 is 0 Å². The minimum absolute atomic E-state index is 0. The highest BCUT2D eigenvalue weighted by Gasteiger charge is 2.42. The van der Waals surface area contributed by atoms with Crippen LogP contribution in [0.25, 0.3) is 0 Å². The molecule has 1 atom stereocenters. The molecule has 3 N–H and O–H groups in total. The average molecular weight is 465 g/mol. The summed E-state index contributed by atoms with van der Waals surface area (Å²) in [6.07, 6.45) is 4.95. The van der Waals surface area contributed by atoms with E-state index >= 15 is 0 Å². The Hall–Kier alpha value is -0.990. The molecule has 0 saturated carbocycles. The van der Waals surface area contributed by atoms with Gasteiger partial charge < -0.3 is 16.0 Å². The number of likely N-dealkylation sites (tertiary alicyclic amines) is 1. The molecular weight excluding hydrogens is 433 g/mol. The van der Waals surface area contributed by atoms with Gasteiger partial charge in [0.25, 0.3) is 0 Å². The second kappa shape index (κ2) is 11.0. The Morgan fingerprint density at radius 2 is 1.73 bits per heavy atom. The molecule has 1 unspecified atom stereocenters. The first-order valence-corrected chi connectivity index (χ1v) is 10.4. The summed E-state index contributed by atoms with van der Waals surface area (Å²) in [5.74, 6) is -0.943. The van der Waals surface area contributed by atoms with Gasteiger partial charge in [-0.2, -0.15) is 0 Å². The first-order chi connectivity index (χ1) is 13.5. The van der Waals surface area contributed by atoms with Gasteiger partial charge in [-0.3, -0.25) is 9.69 Å². The highest BCUT2D eigenvalue weighted by atomic mass is 35.5. The molecule has 1 amide bonds. The van der Waals surface area contributed by atoms with Crippen LogP contribution in [0, 0.1) is 17.0 Å². The lowest BCUT2D eigenvalue weighted by atomic mass is 9.77. The van der Waals surface area contributed by atoms with Crippen LogP contribution >= 0.6 is 24.8 Å². The fourth-order valence-electron chi connectivity index (χ4n) is 4.94. The lowest BCUT2D eigenvalue weighted by molar-refractivity contribution is -0.124. The highest BCUT2D eigenvalue weighted by Crippen LogP contribution is 2.37. The van der Waals surface area contributed by atoms with Gasteiger partial charge in [0.1, 0.15) is 11.6 Å². The maximum atomic E-state index is 13.4. The highest BCUT2D eigenvalue weighted by molar-refractivity contribution is 5.85. The molecule has 9 heteroatoms. The summed E-state index contributed by atoms with van der Waals surface area (Å²) >= 11 is 0. The van der Waals surface area contributed by atoms with E-state index in [0.717, 1.165) is 70.9 Å². The van der Waals surface area contributed by atoms with Crippen LogP contribution in [0.1, 0.15) is 37.7 Å². The summed E-state index contributed by atoms with van der Waals surface area (Å²) in [7, 11) is 0. The van der Waals surface area contributed by atoms with Crippen LogP contribution < -0.4 is 16.0 Å². The zero-order chi connectivity index (χ0) is 19.6. The molecule has 0 radical (unpaired) electrons. The van der Waals surface area contributed by atoms with Crippen LogP contribution in [0.2, 0.25) is 0 Å². The average Bonchev–Trinajstić information content (AvgIpc) is 3.06. The summed E-state index contributed by atoms with van der Waals surface area (Å²) in [6, 6.07) is 3.78. The Labute approximate surface area is 189 Å². The quantitative estimate of drug-likeness (QED) is 0.640. The molecule has 0 aromatic heterocycles. The monoisotopic (exact) mass is 464 g/mol. The van der Waals surface area contributed by atoms with E-state index < -0.39 is 11.6 Å². The second-order valence-electron chi connectivity index (χ2n) is 8.72. The number of hydrogen-bond acceptors (Lipinski definition) is 4. The SMILES string of the molecule is Cl.Cl.O=C(NC1CCN(Cc2cc(F)cc(F)c2)CC1)C1CC2(CCNCC2)CN1. The van der Waals surface area contributed by atoms with Crippen molar-refractivity contribution < 1.29 is 13.6 Å². The molecule has 5 nitrogen and oxygen atoms in total. The Morgan fingerprint density at radius 1 is 1.10 bits per heavy atom. The van der Waals surface area contributed by atoms with E-state index in [2.05, 4.69) is 20.9 Å². The Balaban J connectivity index is 0.00000160. The third-order valence-corrected chi connectivity index (χ3v) is 6.60. The molecule has 4 rings (SSSR count). The molecule has 3 heterocycles.